The summed E-state index contributed by atoms with van der Waals surface area (Å²) in [6.45, 7) is 0.475. The Bertz CT molecular complexity index is 298. The molecule has 1 heterocycles. The van der Waals surface area contributed by atoms with Gasteiger partial charge in [-0.3, -0.25) is 4.57 Å². The van der Waals surface area contributed by atoms with Gasteiger partial charge in [0.15, 0.2) is 0 Å². The second kappa shape index (κ2) is 3.18. The van der Waals surface area contributed by atoms with Gasteiger partial charge in [-0.1, -0.05) is 0 Å². The number of aldehydes is 1. The van der Waals surface area contributed by atoms with E-state index in [1.54, 1.807) is 19.4 Å². The van der Waals surface area contributed by atoms with Gasteiger partial charge in [0, 0.05) is 32.4 Å². The molecule has 60 valence electrons. The minimum atomic E-state index is -0.0770. The van der Waals surface area contributed by atoms with E-state index in [1.807, 2.05) is 0 Å². The zero-order valence-corrected chi connectivity index (χ0v) is 6.36. The van der Waals surface area contributed by atoms with E-state index in [-0.39, 0.29) is 5.69 Å². The summed E-state index contributed by atoms with van der Waals surface area (Å²) in [5.74, 6) is 0. The highest BCUT2D eigenvalue weighted by Gasteiger charge is 1.96. The van der Waals surface area contributed by atoms with Gasteiger partial charge in [-0.25, -0.2) is 4.79 Å². The second-order valence-electron chi connectivity index (χ2n) is 2.34. The Balaban J connectivity index is 2.79. The minimum absolute atomic E-state index is 0.0770. The fraction of sp³-hybridized carbons (Fsp3) is 0.429. The first-order valence-electron chi connectivity index (χ1n) is 3.41. The van der Waals surface area contributed by atoms with Crippen molar-refractivity contribution in [2.45, 2.75) is 13.0 Å². The van der Waals surface area contributed by atoms with Gasteiger partial charge in [0.2, 0.25) is 0 Å². The maximum Gasteiger partial charge on any atom is 0.327 e. The fourth-order valence-electron chi connectivity index (χ4n) is 0.873. The molecule has 0 amide bonds. The molecule has 0 aliphatic rings. The zero-order chi connectivity index (χ0) is 8.27. The lowest BCUT2D eigenvalue weighted by molar-refractivity contribution is -0.108. The lowest BCUT2D eigenvalue weighted by Gasteiger charge is -1.93. The van der Waals surface area contributed by atoms with Crippen molar-refractivity contribution < 1.29 is 4.79 Å². The fourth-order valence-corrected chi connectivity index (χ4v) is 0.873. The van der Waals surface area contributed by atoms with Crippen LogP contribution in [0.5, 0.6) is 0 Å². The first-order chi connectivity index (χ1) is 5.25. The van der Waals surface area contributed by atoms with Crippen LogP contribution in [-0.4, -0.2) is 15.4 Å². The highest BCUT2D eigenvalue weighted by Crippen LogP contribution is 1.83. The van der Waals surface area contributed by atoms with Crippen LogP contribution < -0.4 is 5.69 Å². The van der Waals surface area contributed by atoms with Gasteiger partial charge in [-0.15, -0.1) is 0 Å². The molecule has 1 aromatic rings. The monoisotopic (exact) mass is 154 g/mol. The molecule has 0 saturated carbocycles. The van der Waals surface area contributed by atoms with E-state index in [0.717, 1.165) is 6.29 Å². The summed E-state index contributed by atoms with van der Waals surface area (Å²) in [7, 11) is 1.68. The van der Waals surface area contributed by atoms with Crippen LogP contribution in [0.2, 0.25) is 0 Å². The molecule has 0 aliphatic carbocycles. The summed E-state index contributed by atoms with van der Waals surface area (Å²) >= 11 is 0. The molecule has 0 bridgehead atoms. The molecule has 4 heteroatoms. The molecule has 0 unspecified atom stereocenters. The zero-order valence-electron chi connectivity index (χ0n) is 6.36. The average molecular weight is 154 g/mol. The maximum absolute atomic E-state index is 11.1. The molecule has 1 aromatic heterocycles. The Kier molecular flexibility index (Phi) is 2.25. The number of carbonyl (C=O) groups is 1. The van der Waals surface area contributed by atoms with Crippen LogP contribution in [0, 0.1) is 0 Å². The molecule has 0 fully saturated rings. The van der Waals surface area contributed by atoms with Crippen LogP contribution in [0.3, 0.4) is 0 Å². The summed E-state index contributed by atoms with van der Waals surface area (Å²) in [6, 6.07) is 0. The van der Waals surface area contributed by atoms with E-state index < -0.39 is 0 Å². The van der Waals surface area contributed by atoms with Crippen molar-refractivity contribution >= 4 is 6.29 Å². The molecule has 0 aliphatic heterocycles. The van der Waals surface area contributed by atoms with Gasteiger partial charge in [-0.2, -0.15) is 0 Å². The standard InChI is InChI=1S/C7H10N2O2/c1-8-4-5-9(7(8)11)3-2-6-10/h4-6H,2-3H2,1H3. The topological polar surface area (TPSA) is 44.0 Å². The largest absolute Gasteiger partial charge is 0.327 e. The van der Waals surface area contributed by atoms with Crippen LogP contribution >= 0.6 is 0 Å². The molecule has 0 N–H and O–H groups in total. The predicted molar refractivity (Wildman–Crippen MR) is 40.4 cm³/mol. The number of aryl methyl sites for hydroxylation is 2. The predicted octanol–water partition coefficient (Wildman–Crippen LogP) is -0.224. The van der Waals surface area contributed by atoms with Gasteiger partial charge in [0.1, 0.15) is 6.29 Å². The molecule has 0 atom stereocenters. The smallest absolute Gasteiger partial charge is 0.303 e. The number of aromatic nitrogens is 2. The first kappa shape index (κ1) is 7.78. The van der Waals surface area contributed by atoms with Crippen molar-refractivity contribution in [1.29, 1.82) is 0 Å². The van der Waals surface area contributed by atoms with E-state index in [2.05, 4.69) is 0 Å². The minimum Gasteiger partial charge on any atom is -0.303 e. The summed E-state index contributed by atoms with van der Waals surface area (Å²) in [5.41, 5.74) is -0.0770. The van der Waals surface area contributed by atoms with Crippen molar-refractivity contribution in [2.24, 2.45) is 7.05 Å². The summed E-state index contributed by atoms with van der Waals surface area (Å²) in [6.07, 6.45) is 4.54. The van der Waals surface area contributed by atoms with Crippen LogP contribution in [0.4, 0.5) is 0 Å². The normalized spacial score (nSPS) is 9.91. The van der Waals surface area contributed by atoms with Crippen molar-refractivity contribution in [2.75, 3.05) is 0 Å². The summed E-state index contributed by atoms with van der Waals surface area (Å²) < 4.78 is 2.99. The lowest BCUT2D eigenvalue weighted by Crippen LogP contribution is -2.21. The van der Waals surface area contributed by atoms with Crippen LogP contribution in [0.1, 0.15) is 6.42 Å². The van der Waals surface area contributed by atoms with Gasteiger partial charge < -0.3 is 9.36 Å². The Labute approximate surface area is 64.1 Å². The molecule has 11 heavy (non-hydrogen) atoms. The SMILES string of the molecule is Cn1ccn(CCC=O)c1=O. The Morgan fingerprint density at radius 1 is 1.55 bits per heavy atom. The molecule has 0 saturated heterocycles. The van der Waals surface area contributed by atoms with Gasteiger partial charge in [-0.05, 0) is 0 Å². The van der Waals surface area contributed by atoms with Crippen LogP contribution in [-0.2, 0) is 18.4 Å². The second-order valence-corrected chi connectivity index (χ2v) is 2.34. The van der Waals surface area contributed by atoms with Crippen LogP contribution in [0.15, 0.2) is 17.2 Å². The van der Waals surface area contributed by atoms with Crippen molar-refractivity contribution in [3.63, 3.8) is 0 Å². The molecule has 4 nitrogen and oxygen atoms in total. The van der Waals surface area contributed by atoms with E-state index in [1.165, 1.54) is 9.13 Å². The lowest BCUT2D eigenvalue weighted by atomic mass is 10.5. The van der Waals surface area contributed by atoms with E-state index >= 15 is 0 Å². The van der Waals surface area contributed by atoms with Crippen LogP contribution in [0.25, 0.3) is 0 Å². The summed E-state index contributed by atoms with van der Waals surface area (Å²) in [5, 5.41) is 0. The third-order valence-electron chi connectivity index (χ3n) is 1.51. The number of imidazole rings is 1. The van der Waals surface area contributed by atoms with Gasteiger partial charge in [0.05, 0.1) is 0 Å². The Hall–Kier alpha value is -1.32. The number of hydrogen-bond acceptors (Lipinski definition) is 2. The maximum atomic E-state index is 11.1. The molecule has 0 radical (unpaired) electrons. The Morgan fingerprint density at radius 2 is 2.27 bits per heavy atom. The first-order valence-corrected chi connectivity index (χ1v) is 3.41. The average Bonchev–Trinajstić information content (AvgIpc) is 2.31. The Morgan fingerprint density at radius 3 is 2.73 bits per heavy atom. The third-order valence-corrected chi connectivity index (χ3v) is 1.51. The number of nitrogens with zero attached hydrogens (tertiary/aromatic N) is 2. The molecule has 0 spiro atoms. The van der Waals surface area contributed by atoms with Gasteiger partial charge >= 0.3 is 5.69 Å². The van der Waals surface area contributed by atoms with Crippen molar-refractivity contribution in [3.05, 3.63) is 22.9 Å². The summed E-state index contributed by atoms with van der Waals surface area (Å²) in [4.78, 5) is 21.1. The molecule has 0 aromatic carbocycles. The van der Waals surface area contributed by atoms with Gasteiger partial charge in [0.25, 0.3) is 0 Å². The van der Waals surface area contributed by atoms with E-state index in [4.69, 9.17) is 0 Å². The quantitative estimate of drug-likeness (QED) is 0.565. The highest BCUT2D eigenvalue weighted by molar-refractivity contribution is 5.48. The number of hydrogen-bond donors (Lipinski definition) is 0. The highest BCUT2D eigenvalue weighted by atomic mass is 16.1. The molecular formula is C7H10N2O2. The van der Waals surface area contributed by atoms with Crippen molar-refractivity contribution in [3.8, 4) is 0 Å². The number of rotatable bonds is 3. The van der Waals surface area contributed by atoms with E-state index in [0.29, 0.717) is 13.0 Å². The van der Waals surface area contributed by atoms with E-state index in [9.17, 15) is 9.59 Å². The molecular weight excluding hydrogens is 144 g/mol. The molecule has 1 rings (SSSR count). The number of carbonyl (C=O) groups excluding carboxylic acids is 1. The third kappa shape index (κ3) is 1.58. The van der Waals surface area contributed by atoms with Crippen molar-refractivity contribution in [1.82, 2.24) is 9.13 Å².